The molecule has 216 valence electrons. The highest BCUT2D eigenvalue weighted by atomic mass is 16.4. The Labute approximate surface area is 228 Å². The molecule has 5 atom stereocenters. The predicted octanol–water partition coefficient (Wildman–Crippen LogP) is 0.133. The lowest BCUT2D eigenvalue weighted by Crippen LogP contribution is -2.58. The summed E-state index contributed by atoms with van der Waals surface area (Å²) in [6.07, 6.45) is 2.20. The Morgan fingerprint density at radius 3 is 2.21 bits per heavy atom. The summed E-state index contributed by atoms with van der Waals surface area (Å²) < 4.78 is 0. The van der Waals surface area contributed by atoms with Crippen LogP contribution in [0.5, 0.6) is 0 Å². The molecule has 3 amide bonds. The fraction of sp³-hybridized carbons (Fsp3) is 0.556. The van der Waals surface area contributed by atoms with Crippen molar-refractivity contribution >= 4 is 34.6 Å². The van der Waals surface area contributed by atoms with E-state index in [0.717, 1.165) is 16.5 Å². The van der Waals surface area contributed by atoms with Crippen LogP contribution in [0, 0.1) is 5.92 Å². The van der Waals surface area contributed by atoms with Gasteiger partial charge in [0.15, 0.2) is 6.04 Å². The maximum atomic E-state index is 13.5. The molecule has 2 rings (SSSR count). The summed E-state index contributed by atoms with van der Waals surface area (Å²) in [6, 6.07) is 2.98. The molecule has 1 aromatic carbocycles. The zero-order valence-electron chi connectivity index (χ0n) is 22.8. The second-order valence-electron chi connectivity index (χ2n) is 10.3. The first kappa shape index (κ1) is 31.7. The molecule has 0 saturated carbocycles. The zero-order valence-corrected chi connectivity index (χ0v) is 22.8. The molecule has 0 spiro atoms. The van der Waals surface area contributed by atoms with Crippen LogP contribution in [0.25, 0.3) is 10.9 Å². The van der Waals surface area contributed by atoms with Gasteiger partial charge in [-0.1, -0.05) is 32.0 Å². The van der Waals surface area contributed by atoms with Crippen molar-refractivity contribution in [3.8, 4) is 0 Å². The number of rotatable bonds is 16. The molecule has 12 nitrogen and oxygen atoms in total. The third-order valence-electron chi connectivity index (χ3n) is 6.42. The standard InChI is InChI=1S/C27H42N6O6/c1-15(2)12-19(29)24(35)32-22(13-17-14-30-20-9-5-4-8-18(17)20)26(37)31-21(10-6-7-11-28)25(36)33-23(16(3)34)27(38)39/h4-5,8-9,14-16,19,21-23,30,34H,6-7,10-13,28-29H2,1-3H3,(H,31,37)(H,32,35)(H,33,36)(H,38,39). The number of carbonyl (C=O) groups is 4. The second kappa shape index (κ2) is 15.2. The number of fused-ring (bicyclic) bond motifs is 1. The van der Waals surface area contributed by atoms with Gasteiger partial charge in [-0.25, -0.2) is 4.79 Å². The largest absolute Gasteiger partial charge is 0.480 e. The molecule has 0 bridgehead atoms. The van der Waals surface area contributed by atoms with Crippen molar-refractivity contribution in [2.24, 2.45) is 17.4 Å². The van der Waals surface area contributed by atoms with Crippen molar-refractivity contribution < 1.29 is 29.4 Å². The summed E-state index contributed by atoms with van der Waals surface area (Å²) in [4.78, 5) is 54.1. The van der Waals surface area contributed by atoms with Crippen LogP contribution in [-0.2, 0) is 25.6 Å². The van der Waals surface area contributed by atoms with E-state index in [1.807, 2.05) is 38.1 Å². The third-order valence-corrected chi connectivity index (χ3v) is 6.42. The van der Waals surface area contributed by atoms with Crippen LogP contribution < -0.4 is 27.4 Å². The number of aliphatic hydroxyl groups is 1. The number of aromatic nitrogens is 1. The molecule has 12 heteroatoms. The van der Waals surface area contributed by atoms with Gasteiger partial charge in [0.05, 0.1) is 12.1 Å². The highest BCUT2D eigenvalue weighted by Crippen LogP contribution is 2.19. The fourth-order valence-corrected chi connectivity index (χ4v) is 4.30. The van der Waals surface area contributed by atoms with Crippen molar-refractivity contribution in [1.29, 1.82) is 0 Å². The molecule has 0 fully saturated rings. The first-order chi connectivity index (χ1) is 18.4. The summed E-state index contributed by atoms with van der Waals surface area (Å²) in [5.41, 5.74) is 13.3. The summed E-state index contributed by atoms with van der Waals surface area (Å²) >= 11 is 0. The van der Waals surface area contributed by atoms with Crippen LogP contribution in [0.3, 0.4) is 0 Å². The molecule has 0 aliphatic rings. The molecule has 1 aromatic heterocycles. The van der Waals surface area contributed by atoms with Crippen LogP contribution in [-0.4, -0.2) is 75.7 Å². The summed E-state index contributed by atoms with van der Waals surface area (Å²) in [7, 11) is 0. The Morgan fingerprint density at radius 2 is 1.59 bits per heavy atom. The Morgan fingerprint density at radius 1 is 0.949 bits per heavy atom. The number of carbonyl (C=O) groups excluding carboxylic acids is 3. The molecule has 0 aliphatic heterocycles. The van der Waals surface area contributed by atoms with Gasteiger partial charge in [-0.05, 0) is 56.7 Å². The molecule has 39 heavy (non-hydrogen) atoms. The molecule has 1 heterocycles. The van der Waals surface area contributed by atoms with Crippen LogP contribution >= 0.6 is 0 Å². The number of unbranched alkanes of at least 4 members (excludes halogenated alkanes) is 1. The SMILES string of the molecule is CC(C)CC(N)C(=O)NC(Cc1c[nH]c2ccccc12)C(=O)NC(CCCCN)C(=O)NC(C(=O)O)C(C)O. The van der Waals surface area contributed by atoms with Gasteiger partial charge in [0.25, 0.3) is 0 Å². The lowest BCUT2D eigenvalue weighted by Gasteiger charge is -2.26. The maximum absolute atomic E-state index is 13.5. The second-order valence-corrected chi connectivity index (χ2v) is 10.3. The number of amides is 3. The van der Waals surface area contributed by atoms with E-state index >= 15 is 0 Å². The number of nitrogens with one attached hydrogen (secondary N) is 4. The number of hydrogen-bond donors (Lipinski definition) is 8. The first-order valence-corrected chi connectivity index (χ1v) is 13.3. The first-order valence-electron chi connectivity index (χ1n) is 13.3. The lowest BCUT2D eigenvalue weighted by molar-refractivity contribution is -0.145. The van der Waals surface area contributed by atoms with Gasteiger partial charge >= 0.3 is 5.97 Å². The Balaban J connectivity index is 2.30. The van der Waals surface area contributed by atoms with Gasteiger partial charge in [-0.15, -0.1) is 0 Å². The molecule has 5 unspecified atom stereocenters. The van der Waals surface area contributed by atoms with E-state index in [4.69, 9.17) is 11.5 Å². The zero-order chi connectivity index (χ0) is 29.1. The van der Waals surface area contributed by atoms with Gasteiger partial charge < -0.3 is 42.6 Å². The molecular weight excluding hydrogens is 504 g/mol. The number of benzene rings is 1. The van der Waals surface area contributed by atoms with Crippen molar-refractivity contribution in [2.45, 2.75) is 83.1 Å². The number of nitrogens with two attached hydrogens (primary N) is 2. The van der Waals surface area contributed by atoms with Gasteiger partial charge in [-0.2, -0.15) is 0 Å². The fourth-order valence-electron chi connectivity index (χ4n) is 4.30. The average molecular weight is 547 g/mol. The Hall–Kier alpha value is -3.48. The van der Waals surface area contributed by atoms with Gasteiger partial charge in [0, 0.05) is 23.5 Å². The average Bonchev–Trinajstić information content (AvgIpc) is 3.28. The minimum Gasteiger partial charge on any atom is -0.480 e. The quantitative estimate of drug-likeness (QED) is 0.135. The topological polar surface area (TPSA) is 213 Å². The number of aliphatic hydroxyl groups excluding tert-OH is 1. The van der Waals surface area contributed by atoms with Crippen molar-refractivity contribution in [2.75, 3.05) is 6.54 Å². The van der Waals surface area contributed by atoms with Crippen LogP contribution in [0.1, 0.15) is 52.0 Å². The summed E-state index contributed by atoms with van der Waals surface area (Å²) in [5.74, 6) is -3.12. The number of carboxylic acids is 1. The number of carboxylic acid groups (broad SMARTS) is 1. The van der Waals surface area contributed by atoms with E-state index in [1.165, 1.54) is 6.92 Å². The minimum absolute atomic E-state index is 0.124. The summed E-state index contributed by atoms with van der Waals surface area (Å²) in [5, 5.41) is 27.7. The van der Waals surface area contributed by atoms with Gasteiger partial charge in [-0.3, -0.25) is 14.4 Å². The number of aliphatic carboxylic acids is 1. The van der Waals surface area contributed by atoms with E-state index in [9.17, 15) is 29.4 Å². The van der Waals surface area contributed by atoms with Crippen molar-refractivity contribution in [3.05, 3.63) is 36.0 Å². The highest BCUT2D eigenvalue weighted by molar-refractivity contribution is 5.95. The normalized spacial score (nSPS) is 15.3. The molecule has 0 saturated heterocycles. The van der Waals surface area contributed by atoms with E-state index in [0.29, 0.717) is 25.8 Å². The Kier molecular flexibility index (Phi) is 12.4. The number of hydrogen-bond acceptors (Lipinski definition) is 7. The van der Waals surface area contributed by atoms with Crippen LogP contribution in [0.2, 0.25) is 0 Å². The smallest absolute Gasteiger partial charge is 0.328 e. The number of H-pyrrole nitrogens is 1. The van der Waals surface area contributed by atoms with Crippen LogP contribution in [0.4, 0.5) is 0 Å². The van der Waals surface area contributed by atoms with Crippen molar-refractivity contribution in [3.63, 3.8) is 0 Å². The third kappa shape index (κ3) is 9.65. The van der Waals surface area contributed by atoms with Gasteiger partial charge in [0.2, 0.25) is 17.7 Å². The Bertz CT molecular complexity index is 1120. The van der Waals surface area contributed by atoms with E-state index in [1.54, 1.807) is 6.20 Å². The molecule has 0 aliphatic carbocycles. The summed E-state index contributed by atoms with van der Waals surface area (Å²) in [6.45, 7) is 5.49. The highest BCUT2D eigenvalue weighted by Gasteiger charge is 2.32. The van der Waals surface area contributed by atoms with Gasteiger partial charge in [0.1, 0.15) is 12.1 Å². The number of para-hydroxylation sites is 1. The molecule has 2 aromatic rings. The number of aromatic amines is 1. The maximum Gasteiger partial charge on any atom is 0.328 e. The lowest BCUT2D eigenvalue weighted by atomic mass is 10.0. The van der Waals surface area contributed by atoms with Crippen molar-refractivity contribution in [1.82, 2.24) is 20.9 Å². The van der Waals surface area contributed by atoms with E-state index in [-0.39, 0.29) is 18.8 Å². The molecule has 0 radical (unpaired) electrons. The molecular formula is C27H42N6O6. The van der Waals surface area contributed by atoms with E-state index < -0.39 is 54.0 Å². The van der Waals surface area contributed by atoms with E-state index in [2.05, 4.69) is 20.9 Å². The predicted molar refractivity (Wildman–Crippen MR) is 147 cm³/mol. The molecule has 10 N–H and O–H groups in total. The monoisotopic (exact) mass is 546 g/mol. The van der Waals surface area contributed by atoms with Crippen LogP contribution in [0.15, 0.2) is 30.5 Å². The minimum atomic E-state index is -1.55.